The van der Waals surface area contributed by atoms with Crippen LogP contribution < -0.4 is 0 Å². The van der Waals surface area contributed by atoms with Gasteiger partial charge in [-0.2, -0.15) is 0 Å². The zero-order valence-electron chi connectivity index (χ0n) is 9.00. The summed E-state index contributed by atoms with van der Waals surface area (Å²) < 4.78 is 5.22. The maximum atomic E-state index is 8.62. The molecule has 0 aromatic heterocycles. The van der Waals surface area contributed by atoms with Gasteiger partial charge in [0.05, 0.1) is 12.2 Å². The monoisotopic (exact) mass is 184 g/mol. The van der Waals surface area contributed by atoms with Crippen molar-refractivity contribution in [2.24, 2.45) is 0 Å². The molecule has 0 aliphatic heterocycles. The van der Waals surface area contributed by atoms with Gasteiger partial charge in [0.15, 0.2) is 0 Å². The number of methoxy groups -OCH3 is 1. The van der Waals surface area contributed by atoms with Crippen LogP contribution in [0.4, 0.5) is 0 Å². The predicted octanol–water partition coefficient (Wildman–Crippen LogP) is 2.30. The molecule has 1 N–H and O–H groups in total. The van der Waals surface area contributed by atoms with Gasteiger partial charge in [-0.3, -0.25) is 0 Å². The molecule has 0 bridgehead atoms. The van der Waals surface area contributed by atoms with Crippen molar-refractivity contribution in [1.29, 1.82) is 0 Å². The molecular weight excluding hydrogens is 164 g/mol. The maximum absolute atomic E-state index is 8.62. The van der Waals surface area contributed by atoms with Gasteiger partial charge in [0.2, 0.25) is 0 Å². The zero-order valence-corrected chi connectivity index (χ0v) is 9.00. The van der Waals surface area contributed by atoms with Crippen LogP contribution >= 0.6 is 0 Å². The molecule has 0 heterocycles. The summed E-state index contributed by atoms with van der Waals surface area (Å²) in [5.74, 6) is 0. The van der Waals surface area contributed by atoms with Crippen LogP contribution in [-0.4, -0.2) is 24.4 Å². The fraction of sp³-hybridized carbons (Fsp3) is 0.636. The Kier molecular flexibility index (Phi) is 5.67. The molecule has 0 fully saturated rings. The van der Waals surface area contributed by atoms with Crippen molar-refractivity contribution in [1.82, 2.24) is 0 Å². The first-order chi connectivity index (χ1) is 6.02. The van der Waals surface area contributed by atoms with E-state index in [0.29, 0.717) is 0 Å². The standard InChI is InChI=1S/C11H20O2/c1-10(7-9-12)6-5-8-11(2,3)13-4/h5,7-8,12H,6,9H2,1-4H3. The zero-order chi connectivity index (χ0) is 10.3. The van der Waals surface area contributed by atoms with E-state index in [9.17, 15) is 0 Å². The van der Waals surface area contributed by atoms with Crippen LogP contribution in [0.1, 0.15) is 27.2 Å². The van der Waals surface area contributed by atoms with E-state index in [-0.39, 0.29) is 12.2 Å². The number of aliphatic hydroxyl groups is 1. The second-order valence-corrected chi connectivity index (χ2v) is 3.65. The molecule has 0 aromatic rings. The maximum Gasteiger partial charge on any atom is 0.0802 e. The summed E-state index contributed by atoms with van der Waals surface area (Å²) in [6.45, 7) is 6.14. The first-order valence-corrected chi connectivity index (χ1v) is 4.51. The quantitative estimate of drug-likeness (QED) is 0.664. The van der Waals surface area contributed by atoms with Gasteiger partial charge >= 0.3 is 0 Å². The topological polar surface area (TPSA) is 29.5 Å². The lowest BCUT2D eigenvalue weighted by Gasteiger charge is -2.17. The van der Waals surface area contributed by atoms with Gasteiger partial charge in [0.25, 0.3) is 0 Å². The van der Waals surface area contributed by atoms with E-state index in [1.807, 2.05) is 32.9 Å². The summed E-state index contributed by atoms with van der Waals surface area (Å²) in [6, 6.07) is 0. The normalized spacial score (nSPS) is 14.1. The van der Waals surface area contributed by atoms with Crippen molar-refractivity contribution >= 4 is 0 Å². The van der Waals surface area contributed by atoms with Gasteiger partial charge in [-0.15, -0.1) is 0 Å². The van der Waals surface area contributed by atoms with Gasteiger partial charge in [0, 0.05) is 7.11 Å². The highest BCUT2D eigenvalue weighted by Crippen LogP contribution is 2.10. The number of rotatable bonds is 5. The third-order valence-corrected chi connectivity index (χ3v) is 1.92. The highest BCUT2D eigenvalue weighted by Gasteiger charge is 2.09. The van der Waals surface area contributed by atoms with E-state index < -0.39 is 0 Å². The lowest BCUT2D eigenvalue weighted by Crippen LogP contribution is -2.18. The number of allylic oxidation sites excluding steroid dienone is 2. The Labute approximate surface area is 80.9 Å². The van der Waals surface area contributed by atoms with Gasteiger partial charge < -0.3 is 9.84 Å². The van der Waals surface area contributed by atoms with Crippen LogP contribution in [0.2, 0.25) is 0 Å². The van der Waals surface area contributed by atoms with Gasteiger partial charge in [-0.25, -0.2) is 0 Å². The highest BCUT2D eigenvalue weighted by molar-refractivity contribution is 5.07. The van der Waals surface area contributed by atoms with Crippen molar-refractivity contribution in [2.75, 3.05) is 13.7 Å². The molecule has 0 rings (SSSR count). The molecule has 0 amide bonds. The van der Waals surface area contributed by atoms with Crippen LogP contribution in [0, 0.1) is 0 Å². The second-order valence-electron chi connectivity index (χ2n) is 3.65. The van der Waals surface area contributed by atoms with E-state index in [0.717, 1.165) is 6.42 Å². The molecule has 0 aliphatic rings. The van der Waals surface area contributed by atoms with Crippen molar-refractivity contribution in [3.05, 3.63) is 23.8 Å². The third kappa shape index (κ3) is 6.55. The Hall–Kier alpha value is -0.600. The molecular formula is C11H20O2. The molecule has 76 valence electrons. The Morgan fingerprint density at radius 1 is 1.46 bits per heavy atom. The van der Waals surface area contributed by atoms with E-state index in [1.54, 1.807) is 7.11 Å². The Bertz CT molecular complexity index is 190. The van der Waals surface area contributed by atoms with Crippen molar-refractivity contribution in [2.45, 2.75) is 32.8 Å². The first-order valence-electron chi connectivity index (χ1n) is 4.51. The van der Waals surface area contributed by atoms with Crippen LogP contribution in [0.25, 0.3) is 0 Å². The lowest BCUT2D eigenvalue weighted by molar-refractivity contribution is 0.0654. The largest absolute Gasteiger partial charge is 0.392 e. The number of hydrogen-bond donors (Lipinski definition) is 1. The summed E-state index contributed by atoms with van der Waals surface area (Å²) >= 11 is 0. The lowest BCUT2D eigenvalue weighted by atomic mass is 10.1. The fourth-order valence-electron chi connectivity index (χ4n) is 0.836. The fourth-order valence-corrected chi connectivity index (χ4v) is 0.836. The minimum absolute atomic E-state index is 0.118. The van der Waals surface area contributed by atoms with Crippen LogP contribution in [0.5, 0.6) is 0 Å². The molecule has 2 heteroatoms. The number of ether oxygens (including phenoxy) is 1. The Morgan fingerprint density at radius 3 is 2.54 bits per heavy atom. The molecule has 0 aliphatic carbocycles. The second kappa shape index (κ2) is 5.95. The predicted molar refractivity (Wildman–Crippen MR) is 55.7 cm³/mol. The molecule has 0 aromatic carbocycles. The van der Waals surface area contributed by atoms with Crippen LogP contribution in [0.3, 0.4) is 0 Å². The minimum atomic E-state index is -0.195. The average Bonchev–Trinajstić information content (AvgIpc) is 2.05. The smallest absolute Gasteiger partial charge is 0.0802 e. The van der Waals surface area contributed by atoms with E-state index >= 15 is 0 Å². The minimum Gasteiger partial charge on any atom is -0.392 e. The molecule has 0 saturated carbocycles. The molecule has 0 saturated heterocycles. The summed E-state index contributed by atoms with van der Waals surface area (Å²) in [6.07, 6.45) is 6.77. The van der Waals surface area contributed by atoms with Crippen molar-refractivity contribution < 1.29 is 9.84 Å². The number of hydrogen-bond acceptors (Lipinski definition) is 2. The van der Waals surface area contributed by atoms with Crippen molar-refractivity contribution in [3.63, 3.8) is 0 Å². The Morgan fingerprint density at radius 2 is 2.08 bits per heavy atom. The van der Waals surface area contributed by atoms with Crippen LogP contribution in [-0.2, 0) is 4.74 Å². The summed E-state index contributed by atoms with van der Waals surface area (Å²) in [5, 5.41) is 8.62. The van der Waals surface area contributed by atoms with Crippen LogP contribution in [0.15, 0.2) is 23.8 Å². The van der Waals surface area contributed by atoms with Gasteiger partial charge in [0.1, 0.15) is 0 Å². The molecule has 0 spiro atoms. The van der Waals surface area contributed by atoms with Gasteiger partial charge in [-0.05, 0) is 27.2 Å². The Balaban J connectivity index is 3.94. The summed E-state index contributed by atoms with van der Waals surface area (Å²) in [5.41, 5.74) is 0.977. The summed E-state index contributed by atoms with van der Waals surface area (Å²) in [4.78, 5) is 0. The van der Waals surface area contributed by atoms with E-state index in [4.69, 9.17) is 9.84 Å². The molecule has 0 radical (unpaired) electrons. The van der Waals surface area contributed by atoms with E-state index in [1.165, 1.54) is 5.57 Å². The third-order valence-electron chi connectivity index (χ3n) is 1.92. The first kappa shape index (κ1) is 12.4. The molecule has 2 nitrogen and oxygen atoms in total. The van der Waals surface area contributed by atoms with Gasteiger partial charge in [-0.1, -0.05) is 23.8 Å². The van der Waals surface area contributed by atoms with E-state index in [2.05, 4.69) is 6.08 Å². The highest BCUT2D eigenvalue weighted by atomic mass is 16.5. The molecule has 0 atom stereocenters. The van der Waals surface area contributed by atoms with Crippen molar-refractivity contribution in [3.8, 4) is 0 Å². The number of aliphatic hydroxyl groups excluding tert-OH is 1. The molecule has 0 unspecified atom stereocenters. The molecule has 13 heavy (non-hydrogen) atoms. The SMILES string of the molecule is COC(C)(C)C=CCC(C)=CCO. The summed E-state index contributed by atoms with van der Waals surface area (Å²) in [7, 11) is 1.70. The average molecular weight is 184 g/mol.